The molecule has 1 unspecified atom stereocenters. The Labute approximate surface area is 56.8 Å². The zero-order chi connectivity index (χ0) is 7.11. The topological polar surface area (TPSA) is 29.5 Å². The van der Waals surface area contributed by atoms with E-state index in [4.69, 9.17) is 9.84 Å². The molecule has 0 aliphatic rings. The maximum absolute atomic E-state index is 8.77. The monoisotopic (exact) mass is 132 g/mol. The van der Waals surface area contributed by atoms with Gasteiger partial charge in [0.2, 0.25) is 0 Å². The van der Waals surface area contributed by atoms with Crippen LogP contribution in [0.15, 0.2) is 0 Å². The number of rotatable bonds is 5. The first-order chi connectivity index (χ1) is 4.27. The Morgan fingerprint density at radius 2 is 2.11 bits per heavy atom. The van der Waals surface area contributed by atoms with Gasteiger partial charge in [0, 0.05) is 13.2 Å². The molecule has 0 radical (unpaired) electrons. The smallest absolute Gasteiger partial charge is 0.0534 e. The van der Waals surface area contributed by atoms with Crippen molar-refractivity contribution in [1.29, 1.82) is 0 Å². The van der Waals surface area contributed by atoms with Gasteiger partial charge in [-0.15, -0.1) is 0 Å². The highest BCUT2D eigenvalue weighted by atomic mass is 16.5. The molecule has 1 atom stereocenters. The van der Waals surface area contributed by atoms with E-state index in [-0.39, 0.29) is 6.10 Å². The SMILES string of the molecule is CCCOCCC(C)O. The van der Waals surface area contributed by atoms with Crippen LogP contribution in [0.25, 0.3) is 0 Å². The summed E-state index contributed by atoms with van der Waals surface area (Å²) in [4.78, 5) is 0. The zero-order valence-corrected chi connectivity index (χ0v) is 6.26. The van der Waals surface area contributed by atoms with Gasteiger partial charge in [-0.1, -0.05) is 6.92 Å². The molecule has 0 spiro atoms. The lowest BCUT2D eigenvalue weighted by Gasteiger charge is -2.03. The van der Waals surface area contributed by atoms with Crippen molar-refractivity contribution in [3.05, 3.63) is 0 Å². The van der Waals surface area contributed by atoms with Gasteiger partial charge in [0.15, 0.2) is 0 Å². The third-order valence-electron chi connectivity index (χ3n) is 1.03. The summed E-state index contributed by atoms with van der Waals surface area (Å²) < 4.78 is 5.13. The molecule has 56 valence electrons. The van der Waals surface area contributed by atoms with Gasteiger partial charge in [0.1, 0.15) is 0 Å². The quantitative estimate of drug-likeness (QED) is 0.569. The maximum atomic E-state index is 8.77. The Bertz CT molecular complexity index is 52.9. The summed E-state index contributed by atoms with van der Waals surface area (Å²) >= 11 is 0. The van der Waals surface area contributed by atoms with E-state index in [0.717, 1.165) is 19.4 Å². The van der Waals surface area contributed by atoms with E-state index >= 15 is 0 Å². The van der Waals surface area contributed by atoms with Crippen molar-refractivity contribution in [2.24, 2.45) is 0 Å². The average molecular weight is 132 g/mol. The first-order valence-electron chi connectivity index (χ1n) is 3.53. The van der Waals surface area contributed by atoms with Crippen molar-refractivity contribution in [1.82, 2.24) is 0 Å². The molecule has 0 aliphatic carbocycles. The molecule has 0 bridgehead atoms. The Hall–Kier alpha value is -0.0800. The Balaban J connectivity index is 2.75. The fraction of sp³-hybridized carbons (Fsp3) is 1.00. The third-order valence-corrected chi connectivity index (χ3v) is 1.03. The number of ether oxygens (including phenoxy) is 1. The Morgan fingerprint density at radius 1 is 1.44 bits per heavy atom. The normalized spacial score (nSPS) is 13.7. The second kappa shape index (κ2) is 6.05. The van der Waals surface area contributed by atoms with Crippen molar-refractivity contribution in [2.45, 2.75) is 32.8 Å². The van der Waals surface area contributed by atoms with E-state index in [1.54, 1.807) is 6.92 Å². The van der Waals surface area contributed by atoms with Crippen LogP contribution in [-0.2, 0) is 4.74 Å². The predicted molar refractivity (Wildman–Crippen MR) is 37.4 cm³/mol. The molecule has 0 amide bonds. The number of aliphatic hydroxyl groups is 1. The van der Waals surface area contributed by atoms with E-state index in [1.807, 2.05) is 0 Å². The zero-order valence-electron chi connectivity index (χ0n) is 6.26. The molecule has 1 N–H and O–H groups in total. The first kappa shape index (κ1) is 8.92. The highest BCUT2D eigenvalue weighted by Gasteiger charge is 1.93. The molecule has 2 nitrogen and oxygen atoms in total. The summed E-state index contributed by atoms with van der Waals surface area (Å²) in [6.07, 6.45) is 1.58. The molecule has 9 heavy (non-hydrogen) atoms. The van der Waals surface area contributed by atoms with Crippen LogP contribution in [0.2, 0.25) is 0 Å². The van der Waals surface area contributed by atoms with E-state index < -0.39 is 0 Å². The number of hydrogen-bond acceptors (Lipinski definition) is 2. The molecule has 0 fully saturated rings. The first-order valence-corrected chi connectivity index (χ1v) is 3.53. The average Bonchev–Trinajstić information content (AvgIpc) is 1.80. The summed E-state index contributed by atoms with van der Waals surface area (Å²) in [5, 5.41) is 8.77. The van der Waals surface area contributed by atoms with Crippen molar-refractivity contribution < 1.29 is 9.84 Å². The summed E-state index contributed by atoms with van der Waals surface area (Å²) in [5.74, 6) is 0. The molecule has 0 aromatic carbocycles. The summed E-state index contributed by atoms with van der Waals surface area (Å²) in [6.45, 7) is 5.34. The molecule has 0 heterocycles. The Kier molecular flexibility index (Phi) is 5.99. The van der Waals surface area contributed by atoms with Crippen molar-refractivity contribution in [3.63, 3.8) is 0 Å². The largest absolute Gasteiger partial charge is 0.393 e. The Morgan fingerprint density at radius 3 is 2.56 bits per heavy atom. The van der Waals surface area contributed by atoms with Crippen molar-refractivity contribution >= 4 is 0 Å². The van der Waals surface area contributed by atoms with Crippen LogP contribution in [0.3, 0.4) is 0 Å². The maximum Gasteiger partial charge on any atom is 0.0534 e. The minimum atomic E-state index is -0.221. The molecule has 0 aromatic heterocycles. The lowest BCUT2D eigenvalue weighted by atomic mass is 10.3. The van der Waals surface area contributed by atoms with Crippen LogP contribution >= 0.6 is 0 Å². The van der Waals surface area contributed by atoms with Gasteiger partial charge < -0.3 is 9.84 Å². The van der Waals surface area contributed by atoms with Gasteiger partial charge >= 0.3 is 0 Å². The lowest BCUT2D eigenvalue weighted by Crippen LogP contribution is -2.05. The molecular weight excluding hydrogens is 116 g/mol. The standard InChI is InChI=1S/C7H16O2/c1-3-5-9-6-4-7(2)8/h7-8H,3-6H2,1-2H3. The lowest BCUT2D eigenvalue weighted by molar-refractivity contribution is 0.0897. The second-order valence-electron chi connectivity index (χ2n) is 2.25. The van der Waals surface area contributed by atoms with Gasteiger partial charge in [-0.05, 0) is 19.8 Å². The third kappa shape index (κ3) is 7.92. The van der Waals surface area contributed by atoms with Gasteiger partial charge in [-0.3, -0.25) is 0 Å². The fourth-order valence-corrected chi connectivity index (χ4v) is 0.500. The van der Waals surface area contributed by atoms with Crippen LogP contribution < -0.4 is 0 Å². The molecule has 2 heteroatoms. The minimum Gasteiger partial charge on any atom is -0.393 e. The predicted octanol–water partition coefficient (Wildman–Crippen LogP) is 1.18. The van der Waals surface area contributed by atoms with E-state index in [2.05, 4.69) is 6.92 Å². The molecule has 0 rings (SSSR count). The van der Waals surface area contributed by atoms with Crippen LogP contribution in [0.5, 0.6) is 0 Å². The molecule has 0 saturated heterocycles. The van der Waals surface area contributed by atoms with Crippen LogP contribution in [0.4, 0.5) is 0 Å². The molecule has 0 aromatic rings. The molecule has 0 aliphatic heterocycles. The fourth-order valence-electron chi connectivity index (χ4n) is 0.500. The van der Waals surface area contributed by atoms with Gasteiger partial charge in [-0.2, -0.15) is 0 Å². The van der Waals surface area contributed by atoms with Crippen LogP contribution in [0.1, 0.15) is 26.7 Å². The van der Waals surface area contributed by atoms with Crippen molar-refractivity contribution in [3.8, 4) is 0 Å². The number of aliphatic hydroxyl groups excluding tert-OH is 1. The van der Waals surface area contributed by atoms with E-state index in [9.17, 15) is 0 Å². The van der Waals surface area contributed by atoms with Gasteiger partial charge in [-0.25, -0.2) is 0 Å². The highest BCUT2D eigenvalue weighted by molar-refractivity contribution is 4.43. The van der Waals surface area contributed by atoms with E-state index in [1.165, 1.54) is 0 Å². The molecular formula is C7H16O2. The van der Waals surface area contributed by atoms with Gasteiger partial charge in [0.25, 0.3) is 0 Å². The summed E-state index contributed by atoms with van der Waals surface area (Å²) in [7, 11) is 0. The summed E-state index contributed by atoms with van der Waals surface area (Å²) in [5.41, 5.74) is 0. The molecule has 0 saturated carbocycles. The van der Waals surface area contributed by atoms with Crippen LogP contribution in [-0.4, -0.2) is 24.4 Å². The van der Waals surface area contributed by atoms with Gasteiger partial charge in [0.05, 0.1) is 6.10 Å². The minimum absolute atomic E-state index is 0.221. The van der Waals surface area contributed by atoms with Crippen molar-refractivity contribution in [2.75, 3.05) is 13.2 Å². The summed E-state index contributed by atoms with van der Waals surface area (Å²) in [6, 6.07) is 0. The second-order valence-corrected chi connectivity index (χ2v) is 2.25. The van der Waals surface area contributed by atoms with Crippen LogP contribution in [0, 0.1) is 0 Å². The number of hydrogen-bond donors (Lipinski definition) is 1. The highest BCUT2D eigenvalue weighted by Crippen LogP contribution is 1.90. The van der Waals surface area contributed by atoms with E-state index in [0.29, 0.717) is 6.61 Å².